The fraction of sp³-hybridized carbons (Fsp3) is 0.370. The Balaban J connectivity index is 1.88. The molecule has 0 aliphatic rings. The Hall–Kier alpha value is -3.48. The van der Waals surface area contributed by atoms with Gasteiger partial charge in [-0.25, -0.2) is 4.39 Å². The molecule has 0 N–H and O–H groups in total. The van der Waals surface area contributed by atoms with Gasteiger partial charge in [0.1, 0.15) is 11.4 Å². The van der Waals surface area contributed by atoms with Crippen LogP contribution in [0.1, 0.15) is 50.7 Å². The highest BCUT2D eigenvalue weighted by molar-refractivity contribution is 5.85. The average molecular weight is 467 g/mol. The molecule has 0 aliphatic heterocycles. The van der Waals surface area contributed by atoms with Crippen molar-refractivity contribution in [1.29, 1.82) is 0 Å². The number of hydrogen-bond donors (Lipinski definition) is 0. The van der Waals surface area contributed by atoms with Gasteiger partial charge >= 0.3 is 0 Å². The summed E-state index contributed by atoms with van der Waals surface area (Å²) in [5.74, 6) is -0.707. The number of carbonyl (C=O) groups excluding carboxylic acids is 2. The van der Waals surface area contributed by atoms with Gasteiger partial charge in [-0.1, -0.05) is 44.5 Å². The zero-order chi connectivity index (χ0) is 24.5. The lowest BCUT2D eigenvalue weighted by molar-refractivity contribution is -0.141. The largest absolute Gasteiger partial charge is 0.464 e. The summed E-state index contributed by atoms with van der Waals surface area (Å²) >= 11 is 0. The van der Waals surface area contributed by atoms with Gasteiger partial charge in [0, 0.05) is 19.5 Å². The average Bonchev–Trinajstić information content (AvgIpc) is 2.84. The van der Waals surface area contributed by atoms with Gasteiger partial charge in [-0.2, -0.15) is 0 Å². The molecule has 0 saturated heterocycles. The molecule has 1 aromatic heterocycles. The fourth-order valence-corrected chi connectivity index (χ4v) is 3.75. The molecule has 0 spiro atoms. The molecule has 2 amide bonds. The van der Waals surface area contributed by atoms with Crippen LogP contribution >= 0.6 is 0 Å². The summed E-state index contributed by atoms with van der Waals surface area (Å²) in [6, 6.07) is 12.8. The number of halogens is 1. The van der Waals surface area contributed by atoms with E-state index in [4.69, 9.17) is 4.42 Å². The second kappa shape index (κ2) is 12.1. The van der Waals surface area contributed by atoms with Crippen LogP contribution in [-0.4, -0.2) is 34.7 Å². The third kappa shape index (κ3) is 6.53. The maximum Gasteiger partial charge on any atom is 0.242 e. The molecule has 180 valence electrons. The van der Waals surface area contributed by atoms with Crippen LogP contribution in [-0.2, 0) is 22.7 Å². The van der Waals surface area contributed by atoms with Crippen molar-refractivity contribution in [3.63, 3.8) is 0 Å². The highest BCUT2D eigenvalue weighted by Gasteiger charge is 2.22. The van der Waals surface area contributed by atoms with Gasteiger partial charge in [0.05, 0.1) is 30.3 Å². The van der Waals surface area contributed by atoms with Crippen molar-refractivity contribution >= 4 is 22.8 Å². The van der Waals surface area contributed by atoms with Crippen LogP contribution < -0.4 is 5.43 Å². The number of rotatable bonds is 11. The van der Waals surface area contributed by atoms with Crippen molar-refractivity contribution < 1.29 is 18.4 Å². The third-order valence-electron chi connectivity index (χ3n) is 5.68. The molecule has 3 aromatic rings. The predicted octanol–water partition coefficient (Wildman–Crippen LogP) is 4.89. The van der Waals surface area contributed by atoms with E-state index in [-0.39, 0.29) is 42.7 Å². The molecular formula is C27H31FN2O4. The number of para-hydroxylation sites is 1. The van der Waals surface area contributed by atoms with Gasteiger partial charge in [0.2, 0.25) is 11.8 Å². The first-order chi connectivity index (χ1) is 16.4. The minimum absolute atomic E-state index is 0.0208. The van der Waals surface area contributed by atoms with Gasteiger partial charge in [0.25, 0.3) is 0 Å². The van der Waals surface area contributed by atoms with Gasteiger partial charge in [-0.15, -0.1) is 0 Å². The lowest BCUT2D eigenvalue weighted by atomic mass is 10.1. The van der Waals surface area contributed by atoms with E-state index >= 15 is 0 Å². The fourth-order valence-electron chi connectivity index (χ4n) is 3.75. The van der Waals surface area contributed by atoms with Crippen LogP contribution in [0.4, 0.5) is 4.39 Å². The van der Waals surface area contributed by atoms with Crippen molar-refractivity contribution in [2.24, 2.45) is 0 Å². The maximum atomic E-state index is 13.4. The van der Waals surface area contributed by atoms with Crippen molar-refractivity contribution in [1.82, 2.24) is 9.80 Å². The summed E-state index contributed by atoms with van der Waals surface area (Å²) in [5.41, 5.74) is 1.33. The molecule has 7 heteroatoms. The smallest absolute Gasteiger partial charge is 0.242 e. The van der Waals surface area contributed by atoms with Crippen molar-refractivity contribution in [3.05, 3.63) is 82.0 Å². The van der Waals surface area contributed by atoms with Crippen LogP contribution in [0.3, 0.4) is 0 Å². The number of nitrogens with zero attached hydrogens (tertiary/aromatic N) is 2. The maximum absolute atomic E-state index is 13.4. The second-order valence-electron chi connectivity index (χ2n) is 8.38. The lowest BCUT2D eigenvalue weighted by Crippen LogP contribution is -2.43. The molecule has 0 bridgehead atoms. The number of hydrogen-bond acceptors (Lipinski definition) is 4. The molecular weight excluding hydrogens is 435 g/mol. The Labute approximate surface area is 199 Å². The second-order valence-corrected chi connectivity index (χ2v) is 8.38. The zero-order valence-corrected chi connectivity index (χ0v) is 19.8. The molecule has 0 saturated carbocycles. The van der Waals surface area contributed by atoms with Crippen LogP contribution in [0.5, 0.6) is 0 Å². The number of fused-ring (bicyclic) bond motifs is 1. The van der Waals surface area contributed by atoms with Crippen molar-refractivity contribution in [2.45, 2.75) is 52.6 Å². The lowest BCUT2D eigenvalue weighted by Gasteiger charge is -2.28. The zero-order valence-electron chi connectivity index (χ0n) is 19.8. The molecule has 3 rings (SSSR count). The third-order valence-corrected chi connectivity index (χ3v) is 5.68. The van der Waals surface area contributed by atoms with Gasteiger partial charge in [0.15, 0.2) is 5.43 Å². The van der Waals surface area contributed by atoms with Crippen molar-refractivity contribution in [3.8, 4) is 0 Å². The number of unbranched alkanes of at least 4 members (excludes halogenated alkanes) is 1. The summed E-state index contributed by atoms with van der Waals surface area (Å²) in [4.78, 5) is 42.2. The topological polar surface area (TPSA) is 70.8 Å². The van der Waals surface area contributed by atoms with Gasteiger partial charge in [-0.3, -0.25) is 14.4 Å². The summed E-state index contributed by atoms with van der Waals surface area (Å²) in [6.45, 7) is 4.59. The Kier molecular flexibility index (Phi) is 8.96. The van der Waals surface area contributed by atoms with E-state index in [2.05, 4.69) is 0 Å². The molecule has 0 radical (unpaired) electrons. The molecule has 0 aliphatic carbocycles. The summed E-state index contributed by atoms with van der Waals surface area (Å²) in [7, 11) is 0. The highest BCUT2D eigenvalue weighted by Crippen LogP contribution is 2.15. The van der Waals surface area contributed by atoms with Crippen LogP contribution in [0, 0.1) is 5.82 Å². The first kappa shape index (κ1) is 25.1. The Morgan fingerprint density at radius 2 is 1.65 bits per heavy atom. The van der Waals surface area contributed by atoms with E-state index in [1.54, 1.807) is 41.3 Å². The minimum Gasteiger partial charge on any atom is -0.464 e. The first-order valence-electron chi connectivity index (χ1n) is 11.7. The van der Waals surface area contributed by atoms with Crippen LogP contribution in [0.15, 0.2) is 64.0 Å². The quantitative estimate of drug-likeness (QED) is 0.403. The van der Waals surface area contributed by atoms with Crippen molar-refractivity contribution in [2.75, 3.05) is 13.1 Å². The molecule has 6 nitrogen and oxygen atoms in total. The SMILES string of the molecule is CCCCN(CC(=O)N(Cc1ccc(F)cc1)Cc1coc2ccccc2c1=O)C(=O)CCC. The van der Waals surface area contributed by atoms with Gasteiger partial charge < -0.3 is 14.2 Å². The monoisotopic (exact) mass is 466 g/mol. The normalized spacial score (nSPS) is 10.9. The number of benzene rings is 2. The molecule has 0 fully saturated rings. The minimum atomic E-state index is -0.368. The van der Waals surface area contributed by atoms with E-state index in [9.17, 15) is 18.8 Å². The standard InChI is InChI=1S/C27H31FN2O4/c1-3-5-15-29(25(31)8-4-2)18-26(32)30(16-20-11-13-22(28)14-12-20)17-21-19-34-24-10-7-6-9-23(24)27(21)33/h6-7,9-14,19H,3-5,8,15-18H2,1-2H3. The molecule has 1 heterocycles. The van der Waals surface area contributed by atoms with Crippen LogP contribution in [0.25, 0.3) is 11.0 Å². The van der Waals surface area contributed by atoms with Gasteiger partial charge in [-0.05, 0) is 42.7 Å². The first-order valence-corrected chi connectivity index (χ1v) is 11.7. The highest BCUT2D eigenvalue weighted by atomic mass is 19.1. The Bertz CT molecular complexity index is 1170. The van der Waals surface area contributed by atoms with E-state index in [1.807, 2.05) is 13.8 Å². The van der Waals surface area contributed by atoms with E-state index < -0.39 is 0 Å². The Morgan fingerprint density at radius 3 is 2.35 bits per heavy atom. The van der Waals surface area contributed by atoms with E-state index in [0.29, 0.717) is 35.9 Å². The number of carbonyl (C=O) groups is 2. The molecule has 0 atom stereocenters. The predicted molar refractivity (Wildman–Crippen MR) is 130 cm³/mol. The summed E-state index contributed by atoms with van der Waals surface area (Å²) < 4.78 is 19.0. The Morgan fingerprint density at radius 1 is 0.912 bits per heavy atom. The van der Waals surface area contributed by atoms with Crippen LogP contribution in [0.2, 0.25) is 0 Å². The molecule has 2 aromatic carbocycles. The molecule has 34 heavy (non-hydrogen) atoms. The number of amides is 2. The van der Waals surface area contributed by atoms with E-state index in [1.165, 1.54) is 23.3 Å². The van der Waals surface area contributed by atoms with E-state index in [0.717, 1.165) is 18.4 Å². The molecule has 0 unspecified atom stereocenters. The summed E-state index contributed by atoms with van der Waals surface area (Å²) in [5, 5.41) is 0.442. The summed E-state index contributed by atoms with van der Waals surface area (Å²) in [6.07, 6.45) is 4.17.